The van der Waals surface area contributed by atoms with E-state index in [1.165, 1.54) is 33.5 Å². The van der Waals surface area contributed by atoms with Crippen molar-refractivity contribution in [3.63, 3.8) is 0 Å². The Balaban J connectivity index is 1.52. The van der Waals surface area contributed by atoms with E-state index in [0.29, 0.717) is 11.3 Å². The predicted octanol–water partition coefficient (Wildman–Crippen LogP) is 2.09. The maximum absolute atomic E-state index is 13.4. The molecule has 0 radical (unpaired) electrons. The van der Waals surface area contributed by atoms with Gasteiger partial charge in [-0.25, -0.2) is 27.4 Å². The van der Waals surface area contributed by atoms with Crippen molar-refractivity contribution in [1.29, 1.82) is 0 Å². The van der Waals surface area contributed by atoms with Crippen molar-refractivity contribution in [2.45, 2.75) is 31.1 Å². The highest BCUT2D eigenvalue weighted by Crippen LogP contribution is 2.27. The molecule has 1 unspecified atom stereocenters. The molecule has 2 N–H and O–H groups in total. The van der Waals surface area contributed by atoms with Gasteiger partial charge in [0, 0.05) is 37.8 Å². The number of halogens is 5. The molecular weight excluding hydrogens is 536 g/mol. The monoisotopic (exact) mass is 554 g/mol. The summed E-state index contributed by atoms with van der Waals surface area (Å²) < 4.78 is 76.6. The smallest absolute Gasteiger partial charge is 0.320 e. The lowest BCUT2D eigenvalue weighted by molar-refractivity contribution is -0.145. The van der Waals surface area contributed by atoms with Crippen LogP contribution in [0.25, 0.3) is 0 Å². The molecule has 2 aromatic rings. The zero-order valence-electron chi connectivity index (χ0n) is 18.5. The second kappa shape index (κ2) is 9.49. The standard InChI is InChI=1S/C19H19ClF4N6O5S/c1-28-17(31)16-12-9-29(18(32)26-10-2-3-14(21)13(20)6-10)5-4-15(12)27-30(16)8-11(35-28)7-25-36(33,34)19(22,23)24/h2-3,6,11,25H,4-5,7-9H2,1H3,(H,26,32). The number of carbonyl (C=O) groups excluding carboxylic acids is 2. The summed E-state index contributed by atoms with van der Waals surface area (Å²) >= 11 is 5.74. The fourth-order valence-corrected chi connectivity index (χ4v) is 4.53. The van der Waals surface area contributed by atoms with Crippen LogP contribution in [0.2, 0.25) is 5.02 Å². The van der Waals surface area contributed by atoms with Crippen LogP contribution in [-0.4, -0.2) is 71.8 Å². The Bertz CT molecular complexity index is 1320. The fourth-order valence-electron chi connectivity index (χ4n) is 3.78. The molecule has 2 aliphatic heterocycles. The molecule has 0 fully saturated rings. The van der Waals surface area contributed by atoms with Crippen LogP contribution in [0.15, 0.2) is 18.2 Å². The molecule has 1 aromatic carbocycles. The fraction of sp³-hybridized carbons (Fsp3) is 0.421. The van der Waals surface area contributed by atoms with Gasteiger partial charge in [-0.1, -0.05) is 11.6 Å². The Morgan fingerprint density at radius 2 is 2.06 bits per heavy atom. The number of benzene rings is 1. The van der Waals surface area contributed by atoms with Crippen LogP contribution in [0.5, 0.6) is 0 Å². The number of nitrogens with one attached hydrogen (secondary N) is 2. The number of nitrogens with zero attached hydrogens (tertiary/aromatic N) is 4. The molecule has 4 rings (SSSR count). The summed E-state index contributed by atoms with van der Waals surface area (Å²) in [5.74, 6) is -1.31. The Hall–Kier alpha value is -2.95. The number of alkyl halides is 3. The van der Waals surface area contributed by atoms with Gasteiger partial charge in [0.05, 0.1) is 23.8 Å². The maximum atomic E-state index is 13.4. The molecule has 0 bridgehead atoms. The molecular formula is C19H19ClF4N6O5S. The van der Waals surface area contributed by atoms with Crippen molar-refractivity contribution in [3.8, 4) is 0 Å². The Morgan fingerprint density at radius 1 is 1.33 bits per heavy atom. The first-order valence-corrected chi connectivity index (χ1v) is 12.2. The highest BCUT2D eigenvalue weighted by molar-refractivity contribution is 7.90. The van der Waals surface area contributed by atoms with Crippen LogP contribution in [0.4, 0.5) is 28.0 Å². The zero-order valence-corrected chi connectivity index (χ0v) is 20.0. The molecule has 1 aromatic heterocycles. The number of hydrogen-bond acceptors (Lipinski definition) is 6. The molecule has 1 atom stereocenters. The van der Waals surface area contributed by atoms with Gasteiger partial charge < -0.3 is 10.2 Å². The van der Waals surface area contributed by atoms with Gasteiger partial charge in [-0.05, 0) is 18.2 Å². The number of fused-ring (bicyclic) bond motifs is 3. The van der Waals surface area contributed by atoms with E-state index in [9.17, 15) is 35.6 Å². The maximum Gasteiger partial charge on any atom is 0.511 e. The Kier molecular flexibility index (Phi) is 6.89. The largest absolute Gasteiger partial charge is 0.511 e. The summed E-state index contributed by atoms with van der Waals surface area (Å²) in [6, 6.07) is 3.15. The third-order valence-corrected chi connectivity index (χ3v) is 6.98. The van der Waals surface area contributed by atoms with Gasteiger partial charge in [-0.15, -0.1) is 0 Å². The molecule has 2 aliphatic rings. The van der Waals surface area contributed by atoms with E-state index < -0.39 is 45.9 Å². The first-order chi connectivity index (χ1) is 16.8. The van der Waals surface area contributed by atoms with E-state index in [2.05, 4.69) is 10.4 Å². The molecule has 0 aliphatic carbocycles. The van der Waals surface area contributed by atoms with E-state index in [0.717, 1.165) is 11.1 Å². The zero-order chi connectivity index (χ0) is 26.4. The van der Waals surface area contributed by atoms with E-state index in [-0.39, 0.29) is 42.5 Å². The van der Waals surface area contributed by atoms with Crippen molar-refractivity contribution in [1.82, 2.24) is 24.5 Å². The van der Waals surface area contributed by atoms with Crippen molar-refractivity contribution in [3.05, 3.63) is 46.0 Å². The molecule has 0 spiro atoms. The van der Waals surface area contributed by atoms with Gasteiger partial charge in [0.15, 0.2) is 0 Å². The molecule has 3 amide bonds. The number of anilines is 1. The molecule has 17 heteroatoms. The van der Waals surface area contributed by atoms with Crippen LogP contribution in [0.1, 0.15) is 21.7 Å². The van der Waals surface area contributed by atoms with Crippen molar-refractivity contribution >= 4 is 39.2 Å². The van der Waals surface area contributed by atoms with Gasteiger partial charge in [-0.3, -0.25) is 14.3 Å². The van der Waals surface area contributed by atoms with Gasteiger partial charge >= 0.3 is 21.6 Å². The molecule has 196 valence electrons. The second-order valence-corrected chi connectivity index (χ2v) is 10.2. The average Bonchev–Trinajstić information content (AvgIpc) is 3.09. The number of hydrogen-bond donors (Lipinski definition) is 2. The van der Waals surface area contributed by atoms with Crippen LogP contribution in [0, 0.1) is 5.82 Å². The van der Waals surface area contributed by atoms with Crippen molar-refractivity contribution in [2.24, 2.45) is 0 Å². The van der Waals surface area contributed by atoms with E-state index in [1.807, 2.05) is 0 Å². The second-order valence-electron chi connectivity index (χ2n) is 8.01. The minimum atomic E-state index is -5.61. The van der Waals surface area contributed by atoms with Crippen LogP contribution in [-0.2, 0) is 34.4 Å². The molecule has 36 heavy (non-hydrogen) atoms. The summed E-state index contributed by atoms with van der Waals surface area (Å²) in [6.07, 6.45) is -0.905. The third kappa shape index (κ3) is 5.11. The van der Waals surface area contributed by atoms with Crippen molar-refractivity contribution in [2.75, 3.05) is 25.5 Å². The summed E-state index contributed by atoms with van der Waals surface area (Å²) in [4.78, 5) is 32.5. The number of urea groups is 1. The molecule has 0 saturated heterocycles. The van der Waals surface area contributed by atoms with Crippen LogP contribution in [0.3, 0.4) is 0 Å². The highest BCUT2D eigenvalue weighted by Gasteiger charge is 2.46. The average molecular weight is 555 g/mol. The lowest BCUT2D eigenvalue weighted by Gasteiger charge is -2.27. The van der Waals surface area contributed by atoms with Gasteiger partial charge in [0.25, 0.3) is 5.91 Å². The number of sulfonamides is 1. The summed E-state index contributed by atoms with van der Waals surface area (Å²) in [6.45, 7) is -0.771. The number of amides is 3. The number of rotatable bonds is 4. The third-order valence-electron chi connectivity index (χ3n) is 5.54. The lowest BCUT2D eigenvalue weighted by atomic mass is 10.1. The first-order valence-electron chi connectivity index (χ1n) is 10.4. The number of aromatic nitrogens is 2. The van der Waals surface area contributed by atoms with Gasteiger partial charge in [0.1, 0.15) is 17.6 Å². The summed E-state index contributed by atoms with van der Waals surface area (Å²) in [5, 5.41) is 7.56. The Morgan fingerprint density at radius 3 is 2.72 bits per heavy atom. The van der Waals surface area contributed by atoms with Crippen LogP contribution < -0.4 is 10.0 Å². The normalized spacial score (nSPS) is 18.5. The van der Waals surface area contributed by atoms with Crippen molar-refractivity contribution < 1.29 is 40.4 Å². The number of carbonyl (C=O) groups is 2. The molecule has 11 nitrogen and oxygen atoms in total. The quantitative estimate of drug-likeness (QED) is 0.558. The predicted molar refractivity (Wildman–Crippen MR) is 117 cm³/mol. The van der Waals surface area contributed by atoms with Gasteiger partial charge in [-0.2, -0.15) is 18.3 Å². The summed E-state index contributed by atoms with van der Waals surface area (Å²) in [5.41, 5.74) is -4.24. The summed E-state index contributed by atoms with van der Waals surface area (Å²) in [7, 11) is -4.38. The highest BCUT2D eigenvalue weighted by atomic mass is 35.5. The van der Waals surface area contributed by atoms with E-state index in [4.69, 9.17) is 16.4 Å². The molecule has 3 heterocycles. The number of hydroxylamine groups is 2. The van der Waals surface area contributed by atoms with Crippen LogP contribution >= 0.6 is 11.6 Å². The minimum Gasteiger partial charge on any atom is -0.320 e. The van der Waals surface area contributed by atoms with Gasteiger partial charge in [0.2, 0.25) is 0 Å². The van der Waals surface area contributed by atoms with E-state index >= 15 is 0 Å². The van der Waals surface area contributed by atoms with E-state index in [1.54, 1.807) is 0 Å². The molecule has 0 saturated carbocycles. The Labute approximate surface area is 206 Å². The minimum absolute atomic E-state index is 0.0175. The first kappa shape index (κ1) is 26.1. The topological polar surface area (TPSA) is 126 Å². The SMILES string of the molecule is CN1OC(CNS(=O)(=O)C(F)(F)F)Cn2nc3c(c2C1=O)CN(C(=O)Nc1ccc(F)c(Cl)c1)CC3. The lowest BCUT2D eigenvalue weighted by Crippen LogP contribution is -2.43.